The maximum atomic E-state index is 4.41. The quantitative estimate of drug-likeness (QED) is 0.849. The molecule has 1 aromatic heterocycles. The molecule has 1 atom stereocenters. The smallest absolute Gasteiger partial charge is 0.108 e. The van der Waals surface area contributed by atoms with Gasteiger partial charge in [0, 0.05) is 51.7 Å². The van der Waals surface area contributed by atoms with Gasteiger partial charge < -0.3 is 14.8 Å². The zero-order chi connectivity index (χ0) is 15.2. The molecule has 0 bridgehead atoms. The Morgan fingerprint density at radius 1 is 1.24 bits per heavy atom. The second kappa shape index (κ2) is 7.27. The van der Waals surface area contributed by atoms with Crippen molar-refractivity contribution in [2.24, 2.45) is 7.05 Å². The molecule has 0 saturated heterocycles. The number of nitrogens with zero attached hydrogens (tertiary/aromatic N) is 3. The number of rotatable bonds is 7. The van der Waals surface area contributed by atoms with Gasteiger partial charge in [-0.3, -0.25) is 0 Å². The molecular formula is C17H26N4. The first-order valence-corrected chi connectivity index (χ1v) is 7.58. The van der Waals surface area contributed by atoms with Crippen molar-refractivity contribution in [3.63, 3.8) is 0 Å². The van der Waals surface area contributed by atoms with Crippen LogP contribution >= 0.6 is 0 Å². The van der Waals surface area contributed by atoms with E-state index in [2.05, 4.69) is 72.1 Å². The molecule has 2 aromatic rings. The number of benzene rings is 1. The molecule has 1 aromatic carbocycles. The highest BCUT2D eigenvalue weighted by Gasteiger charge is 2.12. The van der Waals surface area contributed by atoms with Crippen molar-refractivity contribution >= 4 is 5.69 Å². The lowest BCUT2D eigenvalue weighted by molar-refractivity contribution is 0.506. The summed E-state index contributed by atoms with van der Waals surface area (Å²) >= 11 is 0. The van der Waals surface area contributed by atoms with E-state index in [0.717, 1.165) is 25.2 Å². The van der Waals surface area contributed by atoms with Crippen molar-refractivity contribution in [3.05, 3.63) is 48.0 Å². The van der Waals surface area contributed by atoms with Crippen molar-refractivity contribution in [1.82, 2.24) is 14.9 Å². The molecule has 1 heterocycles. The van der Waals surface area contributed by atoms with Crippen LogP contribution in [0.5, 0.6) is 0 Å². The first kappa shape index (κ1) is 15.6. The van der Waals surface area contributed by atoms with Crippen LogP contribution in [-0.4, -0.2) is 30.2 Å². The fraction of sp³-hybridized carbons (Fsp3) is 0.471. The Balaban J connectivity index is 2.05. The number of anilines is 1. The Bertz CT molecular complexity index is 542. The van der Waals surface area contributed by atoms with E-state index >= 15 is 0 Å². The van der Waals surface area contributed by atoms with Gasteiger partial charge in [0.05, 0.1) is 0 Å². The van der Waals surface area contributed by atoms with Gasteiger partial charge in [0.15, 0.2) is 0 Å². The molecule has 1 unspecified atom stereocenters. The standard InChI is InChI=1S/C17H26N4/c1-5-18-16(10-11-17-19-12-13-21(17)4)14-6-8-15(9-7-14)20(2)3/h6-9,12-13,16,18H,5,10-11H2,1-4H3. The molecule has 0 radical (unpaired) electrons. The van der Waals surface area contributed by atoms with Crippen molar-refractivity contribution in [2.75, 3.05) is 25.5 Å². The van der Waals surface area contributed by atoms with Gasteiger partial charge in [-0.1, -0.05) is 19.1 Å². The molecule has 4 nitrogen and oxygen atoms in total. The molecule has 4 heteroatoms. The maximum Gasteiger partial charge on any atom is 0.108 e. The summed E-state index contributed by atoms with van der Waals surface area (Å²) in [5.41, 5.74) is 2.58. The molecule has 0 spiro atoms. The third-order valence-electron chi connectivity index (χ3n) is 3.84. The average Bonchev–Trinajstić information content (AvgIpc) is 2.89. The monoisotopic (exact) mass is 286 g/mol. The van der Waals surface area contributed by atoms with Crippen LogP contribution in [0.15, 0.2) is 36.7 Å². The largest absolute Gasteiger partial charge is 0.378 e. The summed E-state index contributed by atoms with van der Waals surface area (Å²) in [5.74, 6) is 1.14. The maximum absolute atomic E-state index is 4.41. The second-order valence-electron chi connectivity index (χ2n) is 5.59. The van der Waals surface area contributed by atoms with Crippen LogP contribution in [0, 0.1) is 0 Å². The predicted molar refractivity (Wildman–Crippen MR) is 88.7 cm³/mol. The summed E-state index contributed by atoms with van der Waals surface area (Å²) in [6.45, 7) is 3.13. The first-order chi connectivity index (χ1) is 10.1. The third kappa shape index (κ3) is 4.08. The van der Waals surface area contributed by atoms with Crippen LogP contribution in [0.2, 0.25) is 0 Å². The van der Waals surface area contributed by atoms with Gasteiger partial charge in [-0.15, -0.1) is 0 Å². The lowest BCUT2D eigenvalue weighted by Gasteiger charge is -2.20. The van der Waals surface area contributed by atoms with E-state index in [9.17, 15) is 0 Å². The highest BCUT2D eigenvalue weighted by molar-refractivity contribution is 5.46. The van der Waals surface area contributed by atoms with Gasteiger partial charge in [0.25, 0.3) is 0 Å². The van der Waals surface area contributed by atoms with Gasteiger partial charge in [-0.2, -0.15) is 0 Å². The molecule has 0 aliphatic rings. The Labute approximate surface area is 127 Å². The lowest BCUT2D eigenvalue weighted by Crippen LogP contribution is -2.22. The van der Waals surface area contributed by atoms with Gasteiger partial charge in [0.1, 0.15) is 5.82 Å². The Morgan fingerprint density at radius 2 is 1.95 bits per heavy atom. The van der Waals surface area contributed by atoms with E-state index in [4.69, 9.17) is 0 Å². The second-order valence-corrected chi connectivity index (χ2v) is 5.59. The first-order valence-electron chi connectivity index (χ1n) is 7.58. The van der Waals surface area contributed by atoms with E-state index in [0.29, 0.717) is 6.04 Å². The van der Waals surface area contributed by atoms with Crippen LogP contribution in [-0.2, 0) is 13.5 Å². The van der Waals surface area contributed by atoms with Gasteiger partial charge in [-0.25, -0.2) is 4.98 Å². The summed E-state index contributed by atoms with van der Waals surface area (Å²) in [5, 5.41) is 3.58. The fourth-order valence-corrected chi connectivity index (χ4v) is 2.55. The molecule has 1 N–H and O–H groups in total. The molecule has 21 heavy (non-hydrogen) atoms. The Kier molecular flexibility index (Phi) is 5.39. The molecule has 0 aliphatic carbocycles. The van der Waals surface area contributed by atoms with Crippen molar-refractivity contribution < 1.29 is 0 Å². The predicted octanol–water partition coefficient (Wildman–Crippen LogP) is 2.77. The number of aromatic nitrogens is 2. The zero-order valence-electron chi connectivity index (χ0n) is 13.5. The molecule has 2 rings (SSSR count). The molecular weight excluding hydrogens is 260 g/mol. The van der Waals surface area contributed by atoms with Crippen LogP contribution in [0.4, 0.5) is 5.69 Å². The SMILES string of the molecule is CCNC(CCc1nccn1C)c1ccc(N(C)C)cc1. The van der Waals surface area contributed by atoms with Gasteiger partial charge in [-0.05, 0) is 30.7 Å². The van der Waals surface area contributed by atoms with E-state index in [1.165, 1.54) is 11.3 Å². The zero-order valence-corrected chi connectivity index (χ0v) is 13.5. The molecule has 0 amide bonds. The van der Waals surface area contributed by atoms with Crippen molar-refractivity contribution in [3.8, 4) is 0 Å². The normalized spacial score (nSPS) is 12.4. The lowest BCUT2D eigenvalue weighted by atomic mass is 10.0. The molecule has 0 fully saturated rings. The minimum atomic E-state index is 0.378. The number of hydrogen-bond acceptors (Lipinski definition) is 3. The minimum absolute atomic E-state index is 0.378. The van der Waals surface area contributed by atoms with Crippen LogP contribution < -0.4 is 10.2 Å². The highest BCUT2D eigenvalue weighted by atomic mass is 15.1. The highest BCUT2D eigenvalue weighted by Crippen LogP contribution is 2.21. The van der Waals surface area contributed by atoms with E-state index in [1.54, 1.807) is 0 Å². The molecule has 114 valence electrons. The Morgan fingerprint density at radius 3 is 2.48 bits per heavy atom. The average molecular weight is 286 g/mol. The number of hydrogen-bond donors (Lipinski definition) is 1. The summed E-state index contributed by atoms with van der Waals surface area (Å²) in [6, 6.07) is 9.19. The van der Waals surface area contributed by atoms with E-state index in [1.807, 2.05) is 12.4 Å². The summed E-state index contributed by atoms with van der Waals surface area (Å²) in [7, 11) is 6.19. The summed E-state index contributed by atoms with van der Waals surface area (Å²) < 4.78 is 2.10. The summed E-state index contributed by atoms with van der Waals surface area (Å²) in [6.07, 6.45) is 5.91. The number of aryl methyl sites for hydroxylation is 2. The number of imidazole rings is 1. The van der Waals surface area contributed by atoms with Gasteiger partial charge >= 0.3 is 0 Å². The van der Waals surface area contributed by atoms with Crippen molar-refractivity contribution in [2.45, 2.75) is 25.8 Å². The van der Waals surface area contributed by atoms with Crippen LogP contribution in [0.1, 0.15) is 30.8 Å². The molecule has 0 saturated carbocycles. The van der Waals surface area contributed by atoms with Crippen LogP contribution in [0.3, 0.4) is 0 Å². The van der Waals surface area contributed by atoms with E-state index < -0.39 is 0 Å². The molecule has 0 aliphatic heterocycles. The van der Waals surface area contributed by atoms with Gasteiger partial charge in [0.2, 0.25) is 0 Å². The number of nitrogens with one attached hydrogen (secondary N) is 1. The van der Waals surface area contributed by atoms with Crippen molar-refractivity contribution in [1.29, 1.82) is 0 Å². The fourth-order valence-electron chi connectivity index (χ4n) is 2.55. The minimum Gasteiger partial charge on any atom is -0.378 e. The van der Waals surface area contributed by atoms with Crippen LogP contribution in [0.25, 0.3) is 0 Å². The summed E-state index contributed by atoms with van der Waals surface area (Å²) in [4.78, 5) is 6.53. The van der Waals surface area contributed by atoms with E-state index in [-0.39, 0.29) is 0 Å². The topological polar surface area (TPSA) is 33.1 Å². The third-order valence-corrected chi connectivity index (χ3v) is 3.84. The Hall–Kier alpha value is -1.81.